The standard InChI is InChI=1S/C15H16BrFN2O/c16-14-11(7-4-8-12(14)17)15(20)19-13(9-18)10-5-2-1-3-6-10/h4,7-8,10,13H,1-3,5-6H2,(H,19,20). The summed E-state index contributed by atoms with van der Waals surface area (Å²) in [7, 11) is 0. The third-order valence-corrected chi connectivity index (χ3v) is 4.55. The highest BCUT2D eigenvalue weighted by molar-refractivity contribution is 9.10. The molecule has 20 heavy (non-hydrogen) atoms. The van der Waals surface area contributed by atoms with Gasteiger partial charge in [0.1, 0.15) is 11.9 Å². The van der Waals surface area contributed by atoms with Crippen LogP contribution in [0.3, 0.4) is 0 Å². The van der Waals surface area contributed by atoms with E-state index in [4.69, 9.17) is 0 Å². The zero-order valence-electron chi connectivity index (χ0n) is 11.0. The van der Waals surface area contributed by atoms with Gasteiger partial charge in [0, 0.05) is 0 Å². The van der Waals surface area contributed by atoms with Gasteiger partial charge in [-0.15, -0.1) is 0 Å². The first-order valence-corrected chi connectivity index (χ1v) is 7.57. The second-order valence-corrected chi connectivity index (χ2v) is 5.87. The molecule has 0 heterocycles. The average molecular weight is 339 g/mol. The Morgan fingerprint density at radius 2 is 2.10 bits per heavy atom. The fourth-order valence-corrected chi connectivity index (χ4v) is 3.07. The number of benzene rings is 1. The van der Waals surface area contributed by atoms with E-state index in [0.29, 0.717) is 0 Å². The summed E-state index contributed by atoms with van der Waals surface area (Å²) in [6, 6.07) is 5.97. The quantitative estimate of drug-likeness (QED) is 0.911. The molecule has 1 saturated carbocycles. The summed E-state index contributed by atoms with van der Waals surface area (Å²) in [6.07, 6.45) is 5.31. The summed E-state index contributed by atoms with van der Waals surface area (Å²) in [5, 5.41) is 12.0. The van der Waals surface area contributed by atoms with Gasteiger partial charge in [0.25, 0.3) is 5.91 Å². The molecular formula is C15H16BrFN2O. The minimum Gasteiger partial charge on any atom is -0.336 e. The van der Waals surface area contributed by atoms with Crippen molar-refractivity contribution in [3.63, 3.8) is 0 Å². The molecule has 0 radical (unpaired) electrons. The predicted octanol–water partition coefficient (Wildman–Crippen LogP) is 3.79. The number of rotatable bonds is 3. The van der Waals surface area contributed by atoms with Crippen LogP contribution in [0.1, 0.15) is 42.5 Å². The maximum Gasteiger partial charge on any atom is 0.253 e. The molecule has 0 aromatic heterocycles. The van der Waals surface area contributed by atoms with E-state index < -0.39 is 17.8 Å². The highest BCUT2D eigenvalue weighted by Crippen LogP contribution is 2.27. The van der Waals surface area contributed by atoms with Crippen LogP contribution >= 0.6 is 15.9 Å². The molecule has 1 aromatic rings. The van der Waals surface area contributed by atoms with Gasteiger partial charge >= 0.3 is 0 Å². The van der Waals surface area contributed by atoms with Crippen molar-refractivity contribution < 1.29 is 9.18 Å². The number of halogens is 2. The maximum absolute atomic E-state index is 13.4. The smallest absolute Gasteiger partial charge is 0.253 e. The maximum atomic E-state index is 13.4. The Balaban J connectivity index is 2.09. The van der Waals surface area contributed by atoms with Gasteiger partial charge < -0.3 is 5.32 Å². The molecule has 0 aliphatic heterocycles. The number of carbonyl (C=O) groups excluding carboxylic acids is 1. The van der Waals surface area contributed by atoms with E-state index in [1.807, 2.05) is 0 Å². The van der Waals surface area contributed by atoms with Gasteiger partial charge in [-0.25, -0.2) is 4.39 Å². The van der Waals surface area contributed by atoms with Crippen molar-refractivity contribution in [1.29, 1.82) is 5.26 Å². The molecule has 2 rings (SSSR count). The molecule has 1 aliphatic rings. The Morgan fingerprint density at radius 1 is 1.40 bits per heavy atom. The van der Waals surface area contributed by atoms with Crippen LogP contribution in [0, 0.1) is 23.1 Å². The number of nitriles is 1. The lowest BCUT2D eigenvalue weighted by atomic mass is 9.84. The molecule has 5 heteroatoms. The van der Waals surface area contributed by atoms with Crippen molar-refractivity contribution >= 4 is 21.8 Å². The summed E-state index contributed by atoms with van der Waals surface area (Å²) in [4.78, 5) is 12.2. The fraction of sp³-hybridized carbons (Fsp3) is 0.467. The molecule has 1 fully saturated rings. The third-order valence-electron chi connectivity index (χ3n) is 3.74. The Labute approximate surface area is 126 Å². The van der Waals surface area contributed by atoms with E-state index in [1.54, 1.807) is 0 Å². The topological polar surface area (TPSA) is 52.9 Å². The summed E-state index contributed by atoms with van der Waals surface area (Å²) >= 11 is 3.07. The number of nitrogens with zero attached hydrogens (tertiary/aromatic N) is 1. The second-order valence-electron chi connectivity index (χ2n) is 5.08. The van der Waals surface area contributed by atoms with Crippen molar-refractivity contribution in [1.82, 2.24) is 5.32 Å². The number of carbonyl (C=O) groups is 1. The highest BCUT2D eigenvalue weighted by atomic mass is 79.9. The van der Waals surface area contributed by atoms with Crippen LogP contribution < -0.4 is 5.32 Å². The van der Waals surface area contributed by atoms with Crippen molar-refractivity contribution in [2.24, 2.45) is 5.92 Å². The lowest BCUT2D eigenvalue weighted by Crippen LogP contribution is -2.40. The Bertz CT molecular complexity index is 535. The molecule has 1 unspecified atom stereocenters. The minimum absolute atomic E-state index is 0.137. The van der Waals surface area contributed by atoms with Crippen LogP contribution in [0.4, 0.5) is 4.39 Å². The van der Waals surface area contributed by atoms with Crippen LogP contribution in [0.25, 0.3) is 0 Å². The molecule has 0 saturated heterocycles. The van der Waals surface area contributed by atoms with Crippen LogP contribution in [0.2, 0.25) is 0 Å². The van der Waals surface area contributed by atoms with Gasteiger partial charge in [-0.05, 0) is 46.8 Å². The summed E-state index contributed by atoms with van der Waals surface area (Å²) < 4.78 is 13.6. The van der Waals surface area contributed by atoms with E-state index in [-0.39, 0.29) is 16.0 Å². The molecule has 1 atom stereocenters. The van der Waals surface area contributed by atoms with Gasteiger partial charge in [0.05, 0.1) is 16.1 Å². The van der Waals surface area contributed by atoms with Crippen molar-refractivity contribution in [2.45, 2.75) is 38.1 Å². The Hall–Kier alpha value is -1.41. The average Bonchev–Trinajstić information content (AvgIpc) is 2.48. The SMILES string of the molecule is N#CC(NC(=O)c1cccc(F)c1Br)C1CCCCC1. The predicted molar refractivity (Wildman–Crippen MR) is 77.5 cm³/mol. The minimum atomic E-state index is -0.502. The van der Waals surface area contributed by atoms with Crippen molar-refractivity contribution in [3.05, 3.63) is 34.1 Å². The molecule has 0 spiro atoms. The zero-order chi connectivity index (χ0) is 14.5. The molecule has 1 aromatic carbocycles. The van der Waals surface area contributed by atoms with E-state index >= 15 is 0 Å². The first kappa shape index (κ1) is 15.0. The van der Waals surface area contributed by atoms with Gasteiger partial charge in [0.2, 0.25) is 0 Å². The zero-order valence-corrected chi connectivity index (χ0v) is 12.6. The highest BCUT2D eigenvalue weighted by Gasteiger charge is 2.26. The third kappa shape index (κ3) is 3.37. The van der Waals surface area contributed by atoms with Crippen LogP contribution in [-0.2, 0) is 0 Å². The normalized spacial score (nSPS) is 17.2. The molecule has 1 aliphatic carbocycles. The monoisotopic (exact) mass is 338 g/mol. The molecule has 1 N–H and O–H groups in total. The fourth-order valence-electron chi connectivity index (χ4n) is 2.62. The van der Waals surface area contributed by atoms with Gasteiger partial charge in [-0.1, -0.05) is 25.3 Å². The summed E-state index contributed by atoms with van der Waals surface area (Å²) in [5.41, 5.74) is 0.223. The molecule has 0 bridgehead atoms. The first-order chi connectivity index (χ1) is 9.63. The number of hydrogen-bond donors (Lipinski definition) is 1. The number of hydrogen-bond acceptors (Lipinski definition) is 2. The van der Waals surface area contributed by atoms with Gasteiger partial charge in [-0.2, -0.15) is 5.26 Å². The summed E-state index contributed by atoms with van der Waals surface area (Å²) in [5.74, 6) is -0.692. The van der Waals surface area contributed by atoms with Gasteiger partial charge in [-0.3, -0.25) is 4.79 Å². The Morgan fingerprint density at radius 3 is 2.75 bits per heavy atom. The van der Waals surface area contributed by atoms with Crippen LogP contribution in [-0.4, -0.2) is 11.9 Å². The molecular weight excluding hydrogens is 323 g/mol. The van der Waals surface area contributed by atoms with Crippen molar-refractivity contribution in [2.75, 3.05) is 0 Å². The van der Waals surface area contributed by atoms with Gasteiger partial charge in [0.15, 0.2) is 0 Å². The Kier molecular flexibility index (Phi) is 5.13. The van der Waals surface area contributed by atoms with Crippen LogP contribution in [0.15, 0.2) is 22.7 Å². The molecule has 106 valence electrons. The molecule has 1 amide bonds. The lowest BCUT2D eigenvalue weighted by Gasteiger charge is -2.26. The van der Waals surface area contributed by atoms with Crippen LogP contribution in [0.5, 0.6) is 0 Å². The molecule has 3 nitrogen and oxygen atoms in total. The van der Waals surface area contributed by atoms with E-state index in [1.165, 1.54) is 24.6 Å². The first-order valence-electron chi connectivity index (χ1n) is 6.78. The second kappa shape index (κ2) is 6.85. The summed E-state index contributed by atoms with van der Waals surface area (Å²) in [6.45, 7) is 0. The van der Waals surface area contributed by atoms with E-state index in [2.05, 4.69) is 27.3 Å². The largest absolute Gasteiger partial charge is 0.336 e. The van der Waals surface area contributed by atoms with E-state index in [0.717, 1.165) is 25.7 Å². The van der Waals surface area contributed by atoms with E-state index in [9.17, 15) is 14.4 Å². The van der Waals surface area contributed by atoms with Crippen molar-refractivity contribution in [3.8, 4) is 6.07 Å². The lowest BCUT2D eigenvalue weighted by molar-refractivity contribution is 0.0927. The number of nitrogens with one attached hydrogen (secondary N) is 1. The number of amides is 1.